The van der Waals surface area contributed by atoms with E-state index in [0.29, 0.717) is 12.6 Å². The van der Waals surface area contributed by atoms with Crippen molar-refractivity contribution in [2.24, 2.45) is 5.92 Å². The minimum absolute atomic E-state index is 0.208. The fourth-order valence-electron chi connectivity index (χ4n) is 3.29. The molecule has 1 fully saturated rings. The van der Waals surface area contributed by atoms with Gasteiger partial charge in [0.05, 0.1) is 6.42 Å². The van der Waals surface area contributed by atoms with Crippen LogP contribution in [-0.2, 0) is 4.79 Å². The highest BCUT2D eigenvalue weighted by atomic mass is 16.4. The number of carbonyl (C=O) groups is 1. The largest absolute Gasteiger partial charge is 0.481 e. The van der Waals surface area contributed by atoms with Gasteiger partial charge in [0, 0.05) is 18.3 Å². The number of rotatable bonds is 5. The second kappa shape index (κ2) is 6.78. The first-order valence-corrected chi connectivity index (χ1v) is 7.62. The van der Waals surface area contributed by atoms with Crippen LogP contribution in [0.5, 0.6) is 0 Å². The number of hydrogen-bond donors (Lipinski definition) is 1. The Morgan fingerprint density at radius 1 is 1.35 bits per heavy atom. The van der Waals surface area contributed by atoms with Crippen LogP contribution in [0.4, 0.5) is 5.69 Å². The second-order valence-corrected chi connectivity index (χ2v) is 6.05. The Balaban J connectivity index is 2.19. The minimum Gasteiger partial charge on any atom is -0.481 e. The molecule has 1 aliphatic carbocycles. The van der Waals surface area contributed by atoms with Gasteiger partial charge >= 0.3 is 5.97 Å². The van der Waals surface area contributed by atoms with Gasteiger partial charge in [0.25, 0.3) is 0 Å². The van der Waals surface area contributed by atoms with Crippen molar-refractivity contribution in [3.63, 3.8) is 0 Å². The Hall–Kier alpha value is -1.51. The summed E-state index contributed by atoms with van der Waals surface area (Å²) in [4.78, 5) is 13.3. The maximum absolute atomic E-state index is 10.9. The molecule has 0 amide bonds. The maximum atomic E-state index is 10.9. The lowest BCUT2D eigenvalue weighted by Crippen LogP contribution is -2.40. The van der Waals surface area contributed by atoms with Gasteiger partial charge in [0.15, 0.2) is 0 Å². The number of aliphatic carboxylic acids is 1. The molecule has 1 N–H and O–H groups in total. The number of carboxylic acids is 1. The van der Waals surface area contributed by atoms with Crippen molar-refractivity contribution in [2.45, 2.75) is 52.0 Å². The number of aryl methyl sites for hydroxylation is 1. The molecule has 3 heteroatoms. The molecule has 0 spiro atoms. The lowest BCUT2D eigenvalue weighted by Gasteiger charge is -2.39. The van der Waals surface area contributed by atoms with Crippen LogP contribution in [0.15, 0.2) is 24.3 Å². The summed E-state index contributed by atoms with van der Waals surface area (Å²) in [6.07, 6.45) is 5.11. The lowest BCUT2D eigenvalue weighted by atomic mass is 9.85. The molecule has 1 saturated carbocycles. The summed E-state index contributed by atoms with van der Waals surface area (Å²) in [7, 11) is 0. The van der Waals surface area contributed by atoms with Crippen LogP contribution in [0.3, 0.4) is 0 Å². The van der Waals surface area contributed by atoms with Crippen molar-refractivity contribution in [2.75, 3.05) is 11.4 Å². The van der Waals surface area contributed by atoms with Gasteiger partial charge in [-0.15, -0.1) is 0 Å². The zero-order valence-electron chi connectivity index (χ0n) is 12.5. The molecule has 110 valence electrons. The Labute approximate surface area is 121 Å². The Morgan fingerprint density at radius 3 is 2.75 bits per heavy atom. The van der Waals surface area contributed by atoms with Crippen molar-refractivity contribution >= 4 is 11.7 Å². The summed E-state index contributed by atoms with van der Waals surface area (Å²) in [5, 5.41) is 9.00. The van der Waals surface area contributed by atoms with E-state index in [0.717, 1.165) is 5.92 Å². The average Bonchev–Trinajstić information content (AvgIpc) is 2.41. The van der Waals surface area contributed by atoms with E-state index in [4.69, 9.17) is 5.11 Å². The number of anilines is 1. The molecule has 2 unspecified atom stereocenters. The highest BCUT2D eigenvalue weighted by Gasteiger charge is 2.25. The molecular formula is C17H25NO2. The third-order valence-corrected chi connectivity index (χ3v) is 4.34. The SMILES string of the molecule is Cc1ccccc1N(CCC(=O)O)C1CCCC(C)C1. The van der Waals surface area contributed by atoms with E-state index in [1.54, 1.807) is 0 Å². The standard InChI is InChI=1S/C17H25NO2/c1-13-6-5-8-15(12-13)18(11-10-17(19)20)16-9-4-3-7-14(16)2/h3-4,7,9,13,15H,5-6,8,10-12H2,1-2H3,(H,19,20). The number of carboxylic acid groups (broad SMARTS) is 1. The van der Waals surface area contributed by atoms with Gasteiger partial charge in [-0.1, -0.05) is 38.0 Å². The van der Waals surface area contributed by atoms with Gasteiger partial charge in [0.1, 0.15) is 0 Å². The number of nitrogens with zero attached hydrogens (tertiary/aromatic N) is 1. The monoisotopic (exact) mass is 275 g/mol. The molecule has 0 radical (unpaired) electrons. The molecule has 20 heavy (non-hydrogen) atoms. The first-order chi connectivity index (χ1) is 9.58. The summed E-state index contributed by atoms with van der Waals surface area (Å²) in [6.45, 7) is 5.02. The molecule has 2 rings (SSSR count). The molecule has 0 aromatic heterocycles. The van der Waals surface area contributed by atoms with Gasteiger partial charge in [-0.2, -0.15) is 0 Å². The van der Waals surface area contributed by atoms with Crippen LogP contribution in [0, 0.1) is 12.8 Å². The van der Waals surface area contributed by atoms with E-state index in [-0.39, 0.29) is 6.42 Å². The number of para-hydroxylation sites is 1. The summed E-state index contributed by atoms with van der Waals surface area (Å²) in [5.74, 6) is 0.0255. The molecule has 0 heterocycles. The highest BCUT2D eigenvalue weighted by Crippen LogP contribution is 2.32. The summed E-state index contributed by atoms with van der Waals surface area (Å²) in [6, 6.07) is 8.80. The van der Waals surface area contributed by atoms with Crippen molar-refractivity contribution in [3.8, 4) is 0 Å². The maximum Gasteiger partial charge on any atom is 0.305 e. The number of benzene rings is 1. The zero-order valence-corrected chi connectivity index (χ0v) is 12.5. The van der Waals surface area contributed by atoms with Gasteiger partial charge < -0.3 is 10.0 Å². The third-order valence-electron chi connectivity index (χ3n) is 4.34. The third kappa shape index (κ3) is 3.75. The van der Waals surface area contributed by atoms with Crippen LogP contribution in [0.2, 0.25) is 0 Å². The quantitative estimate of drug-likeness (QED) is 0.887. The molecule has 0 aliphatic heterocycles. The highest BCUT2D eigenvalue weighted by molar-refractivity contribution is 5.68. The van der Waals surface area contributed by atoms with Crippen molar-refractivity contribution < 1.29 is 9.90 Å². The predicted molar refractivity (Wildman–Crippen MR) is 82.2 cm³/mol. The second-order valence-electron chi connectivity index (χ2n) is 6.05. The Morgan fingerprint density at radius 2 is 2.10 bits per heavy atom. The predicted octanol–water partition coefficient (Wildman–Crippen LogP) is 3.85. The minimum atomic E-state index is -0.715. The molecule has 1 aromatic rings. The molecule has 1 aliphatic rings. The first-order valence-electron chi connectivity index (χ1n) is 7.62. The van der Waals surface area contributed by atoms with Crippen molar-refractivity contribution in [1.29, 1.82) is 0 Å². The Kier molecular flexibility index (Phi) is 5.05. The van der Waals surface area contributed by atoms with E-state index in [9.17, 15) is 4.79 Å². The molecule has 1 aromatic carbocycles. The van der Waals surface area contributed by atoms with Gasteiger partial charge in [-0.25, -0.2) is 0 Å². The fourth-order valence-corrected chi connectivity index (χ4v) is 3.29. The molecule has 0 saturated heterocycles. The molecular weight excluding hydrogens is 250 g/mol. The molecule has 3 nitrogen and oxygen atoms in total. The molecule has 2 atom stereocenters. The fraction of sp³-hybridized carbons (Fsp3) is 0.588. The van der Waals surface area contributed by atoms with Crippen molar-refractivity contribution in [3.05, 3.63) is 29.8 Å². The van der Waals surface area contributed by atoms with Crippen LogP contribution in [0.25, 0.3) is 0 Å². The van der Waals surface area contributed by atoms with Crippen LogP contribution < -0.4 is 4.90 Å². The first kappa shape index (κ1) is 14.9. The van der Waals surface area contributed by atoms with E-state index in [2.05, 4.69) is 30.9 Å². The zero-order chi connectivity index (χ0) is 14.5. The normalized spacial score (nSPS) is 22.5. The van der Waals surface area contributed by atoms with E-state index in [1.165, 1.54) is 36.9 Å². The topological polar surface area (TPSA) is 40.5 Å². The summed E-state index contributed by atoms with van der Waals surface area (Å²) in [5.41, 5.74) is 2.43. The lowest BCUT2D eigenvalue weighted by molar-refractivity contribution is -0.136. The van der Waals surface area contributed by atoms with Gasteiger partial charge in [-0.3, -0.25) is 4.79 Å². The van der Waals surface area contributed by atoms with Gasteiger partial charge in [-0.05, 0) is 37.3 Å². The number of hydrogen-bond acceptors (Lipinski definition) is 2. The summed E-state index contributed by atoms with van der Waals surface area (Å²) >= 11 is 0. The van der Waals surface area contributed by atoms with E-state index in [1.807, 2.05) is 12.1 Å². The average molecular weight is 275 g/mol. The van der Waals surface area contributed by atoms with Gasteiger partial charge in [0.2, 0.25) is 0 Å². The van der Waals surface area contributed by atoms with Crippen LogP contribution >= 0.6 is 0 Å². The van der Waals surface area contributed by atoms with E-state index < -0.39 is 5.97 Å². The van der Waals surface area contributed by atoms with Crippen LogP contribution in [-0.4, -0.2) is 23.7 Å². The van der Waals surface area contributed by atoms with Crippen LogP contribution in [0.1, 0.15) is 44.6 Å². The summed E-state index contributed by atoms with van der Waals surface area (Å²) < 4.78 is 0. The van der Waals surface area contributed by atoms with Crippen molar-refractivity contribution in [1.82, 2.24) is 0 Å². The van der Waals surface area contributed by atoms with E-state index >= 15 is 0 Å². The molecule has 0 bridgehead atoms. The Bertz CT molecular complexity index is 458. The smallest absolute Gasteiger partial charge is 0.305 e.